The van der Waals surface area contributed by atoms with Crippen LogP contribution in [0.2, 0.25) is 0 Å². The molecule has 0 radical (unpaired) electrons. The molecule has 88 valence electrons. The first-order valence-corrected chi connectivity index (χ1v) is 6.03. The average molecular weight is 213 g/mol. The fourth-order valence-electron chi connectivity index (χ4n) is 2.14. The van der Waals surface area contributed by atoms with Gasteiger partial charge in [0, 0.05) is 12.5 Å². The second kappa shape index (κ2) is 5.61. The number of likely N-dealkylation sites (tertiary alicyclic amines) is 1. The molecule has 15 heavy (non-hydrogen) atoms. The van der Waals surface area contributed by atoms with Gasteiger partial charge >= 0.3 is 0 Å². The number of β-amino-alcohol motifs (C(OH)–C–C–N with tert-alkyl or cyclic N) is 1. The zero-order chi connectivity index (χ0) is 11.3. The highest BCUT2D eigenvalue weighted by Crippen LogP contribution is 2.21. The maximum atomic E-state index is 10.6. The van der Waals surface area contributed by atoms with Crippen molar-refractivity contribution in [3.63, 3.8) is 0 Å². The minimum atomic E-state index is -0.534. The molecule has 0 aromatic rings. The van der Waals surface area contributed by atoms with Crippen molar-refractivity contribution in [3.05, 3.63) is 0 Å². The van der Waals surface area contributed by atoms with Crippen LogP contribution in [0, 0.1) is 5.92 Å². The van der Waals surface area contributed by atoms with Gasteiger partial charge in [-0.1, -0.05) is 13.8 Å². The molecule has 1 aliphatic rings. The summed E-state index contributed by atoms with van der Waals surface area (Å²) >= 11 is 0. The first kappa shape index (κ1) is 12.7. The molecule has 0 amide bonds. The molecule has 0 aromatic carbocycles. The van der Waals surface area contributed by atoms with Gasteiger partial charge in [-0.2, -0.15) is 0 Å². The van der Waals surface area contributed by atoms with Crippen LogP contribution in [-0.4, -0.2) is 41.5 Å². The van der Waals surface area contributed by atoms with E-state index in [9.17, 15) is 9.90 Å². The Bertz CT molecular complexity index is 194. The summed E-state index contributed by atoms with van der Waals surface area (Å²) in [5, 5.41) is 10.2. The monoisotopic (exact) mass is 213 g/mol. The third kappa shape index (κ3) is 3.58. The first-order chi connectivity index (χ1) is 7.13. The lowest BCUT2D eigenvalue weighted by Crippen LogP contribution is -2.45. The second-order valence-corrected chi connectivity index (χ2v) is 4.68. The van der Waals surface area contributed by atoms with Crippen molar-refractivity contribution in [1.29, 1.82) is 0 Å². The van der Waals surface area contributed by atoms with Crippen molar-refractivity contribution in [2.45, 2.75) is 45.1 Å². The summed E-state index contributed by atoms with van der Waals surface area (Å²) in [6.07, 6.45) is 4.58. The van der Waals surface area contributed by atoms with E-state index in [1.165, 1.54) is 0 Å². The molecule has 0 atom stereocenters. The van der Waals surface area contributed by atoms with Gasteiger partial charge in [0.15, 0.2) is 0 Å². The molecular formula is C12H23NO2. The van der Waals surface area contributed by atoms with Crippen LogP contribution in [0.5, 0.6) is 0 Å². The SMILES string of the molecule is CCC(O)(CC)CN1CCC(C=O)CC1. The van der Waals surface area contributed by atoms with E-state index in [0.717, 1.165) is 51.6 Å². The van der Waals surface area contributed by atoms with Crippen LogP contribution in [-0.2, 0) is 4.79 Å². The van der Waals surface area contributed by atoms with Gasteiger partial charge < -0.3 is 14.8 Å². The number of carbonyl (C=O) groups is 1. The van der Waals surface area contributed by atoms with Crippen LogP contribution in [0.15, 0.2) is 0 Å². The van der Waals surface area contributed by atoms with E-state index < -0.39 is 5.60 Å². The molecule has 1 rings (SSSR count). The number of nitrogens with zero attached hydrogens (tertiary/aromatic N) is 1. The third-order valence-corrected chi connectivity index (χ3v) is 3.66. The highest BCUT2D eigenvalue weighted by molar-refractivity contribution is 5.53. The summed E-state index contributed by atoms with van der Waals surface area (Å²) < 4.78 is 0. The number of piperidine rings is 1. The summed E-state index contributed by atoms with van der Waals surface area (Å²) in [5.74, 6) is 0.248. The molecule has 1 heterocycles. The Morgan fingerprint density at radius 1 is 1.33 bits per heavy atom. The van der Waals surface area contributed by atoms with E-state index in [-0.39, 0.29) is 5.92 Å². The van der Waals surface area contributed by atoms with Gasteiger partial charge in [0.1, 0.15) is 6.29 Å². The average Bonchev–Trinajstić information content (AvgIpc) is 2.30. The van der Waals surface area contributed by atoms with Crippen molar-refractivity contribution in [3.8, 4) is 0 Å². The lowest BCUT2D eigenvalue weighted by molar-refractivity contribution is -0.112. The predicted octanol–water partition coefficient (Wildman–Crippen LogP) is 1.45. The highest BCUT2D eigenvalue weighted by Gasteiger charge is 2.27. The van der Waals surface area contributed by atoms with Gasteiger partial charge in [-0.3, -0.25) is 0 Å². The summed E-state index contributed by atoms with van der Waals surface area (Å²) in [5.41, 5.74) is -0.534. The zero-order valence-corrected chi connectivity index (χ0v) is 9.91. The number of rotatable bonds is 5. The summed E-state index contributed by atoms with van der Waals surface area (Å²) in [7, 11) is 0. The molecule has 0 unspecified atom stereocenters. The Morgan fingerprint density at radius 2 is 1.87 bits per heavy atom. The van der Waals surface area contributed by atoms with Crippen LogP contribution in [0.1, 0.15) is 39.5 Å². The van der Waals surface area contributed by atoms with E-state index in [0.29, 0.717) is 0 Å². The third-order valence-electron chi connectivity index (χ3n) is 3.66. The Balaban J connectivity index is 2.37. The smallest absolute Gasteiger partial charge is 0.123 e. The van der Waals surface area contributed by atoms with Crippen molar-refractivity contribution < 1.29 is 9.90 Å². The Hall–Kier alpha value is -0.410. The Morgan fingerprint density at radius 3 is 2.27 bits per heavy atom. The lowest BCUT2D eigenvalue weighted by Gasteiger charge is -2.36. The molecule has 0 bridgehead atoms. The quantitative estimate of drug-likeness (QED) is 0.703. The molecule has 1 saturated heterocycles. The predicted molar refractivity (Wildman–Crippen MR) is 60.8 cm³/mol. The van der Waals surface area contributed by atoms with Crippen molar-refractivity contribution in [2.75, 3.05) is 19.6 Å². The van der Waals surface area contributed by atoms with Gasteiger partial charge in [0.25, 0.3) is 0 Å². The normalized spacial score (nSPS) is 20.5. The van der Waals surface area contributed by atoms with Crippen molar-refractivity contribution >= 4 is 6.29 Å². The molecular weight excluding hydrogens is 190 g/mol. The number of hydrogen-bond donors (Lipinski definition) is 1. The fraction of sp³-hybridized carbons (Fsp3) is 0.917. The number of carbonyl (C=O) groups excluding carboxylic acids is 1. The van der Waals surface area contributed by atoms with Crippen LogP contribution in [0.3, 0.4) is 0 Å². The van der Waals surface area contributed by atoms with Crippen LogP contribution in [0.4, 0.5) is 0 Å². The van der Waals surface area contributed by atoms with Gasteiger partial charge in [-0.15, -0.1) is 0 Å². The van der Waals surface area contributed by atoms with Crippen LogP contribution in [0.25, 0.3) is 0 Å². The molecule has 0 aromatic heterocycles. The number of hydrogen-bond acceptors (Lipinski definition) is 3. The summed E-state index contributed by atoms with van der Waals surface area (Å²) in [6, 6.07) is 0. The van der Waals surface area contributed by atoms with E-state index in [1.807, 2.05) is 13.8 Å². The zero-order valence-electron chi connectivity index (χ0n) is 9.91. The van der Waals surface area contributed by atoms with E-state index >= 15 is 0 Å². The van der Waals surface area contributed by atoms with Gasteiger partial charge in [-0.25, -0.2) is 0 Å². The van der Waals surface area contributed by atoms with Crippen LogP contribution < -0.4 is 0 Å². The fourth-order valence-corrected chi connectivity index (χ4v) is 2.14. The van der Waals surface area contributed by atoms with Gasteiger partial charge in [0.2, 0.25) is 0 Å². The first-order valence-electron chi connectivity index (χ1n) is 6.03. The van der Waals surface area contributed by atoms with E-state index in [4.69, 9.17) is 0 Å². The maximum absolute atomic E-state index is 10.6. The lowest BCUT2D eigenvalue weighted by atomic mass is 9.93. The Kier molecular flexibility index (Phi) is 4.74. The van der Waals surface area contributed by atoms with Crippen molar-refractivity contribution in [1.82, 2.24) is 4.90 Å². The molecule has 0 saturated carbocycles. The van der Waals surface area contributed by atoms with Gasteiger partial charge in [-0.05, 0) is 38.8 Å². The number of aldehydes is 1. The summed E-state index contributed by atoms with van der Waals surface area (Å²) in [6.45, 7) is 6.71. The highest BCUT2D eigenvalue weighted by atomic mass is 16.3. The standard InChI is InChI=1S/C12H23NO2/c1-3-12(15,4-2)10-13-7-5-11(9-14)6-8-13/h9,11,15H,3-8,10H2,1-2H3. The van der Waals surface area contributed by atoms with E-state index in [2.05, 4.69) is 4.90 Å². The second-order valence-electron chi connectivity index (χ2n) is 4.68. The summed E-state index contributed by atoms with van der Waals surface area (Å²) in [4.78, 5) is 12.9. The molecule has 1 fully saturated rings. The molecule has 0 spiro atoms. The van der Waals surface area contributed by atoms with Gasteiger partial charge in [0.05, 0.1) is 5.60 Å². The molecule has 3 heteroatoms. The minimum Gasteiger partial charge on any atom is -0.389 e. The minimum absolute atomic E-state index is 0.248. The maximum Gasteiger partial charge on any atom is 0.123 e. The molecule has 1 N–H and O–H groups in total. The molecule has 1 aliphatic heterocycles. The van der Waals surface area contributed by atoms with E-state index in [1.54, 1.807) is 0 Å². The largest absolute Gasteiger partial charge is 0.389 e. The topological polar surface area (TPSA) is 40.5 Å². The van der Waals surface area contributed by atoms with Crippen molar-refractivity contribution in [2.24, 2.45) is 5.92 Å². The van der Waals surface area contributed by atoms with Crippen LogP contribution >= 0.6 is 0 Å². The number of aliphatic hydroxyl groups is 1. The Labute approximate surface area is 92.5 Å². The molecule has 0 aliphatic carbocycles. The molecule has 3 nitrogen and oxygen atoms in total.